The van der Waals surface area contributed by atoms with Crippen LogP contribution in [0.25, 0.3) is 0 Å². The second kappa shape index (κ2) is 7.43. The standard InChI is InChI=1S/C16H32N2O2S2Si/c1-12-18-13(11-21-12)14(10-17-22(19)15(2,3)4)20-23(8,9)16(5,6)7/h11,14,17H,10H2,1-9H3/t14-,22?/m0/s1. The molecule has 0 aromatic carbocycles. The number of thiazole rings is 1. The molecule has 0 fully saturated rings. The molecule has 1 aromatic rings. The number of aromatic nitrogens is 1. The summed E-state index contributed by atoms with van der Waals surface area (Å²) in [7, 11) is -3.05. The molecule has 0 amide bonds. The Hall–Kier alpha value is -0.0831. The Morgan fingerprint density at radius 3 is 2.26 bits per heavy atom. The molecule has 0 saturated carbocycles. The summed E-state index contributed by atoms with van der Waals surface area (Å²) in [6.45, 7) is 19.6. The van der Waals surface area contributed by atoms with Crippen molar-refractivity contribution in [1.82, 2.24) is 9.71 Å². The van der Waals surface area contributed by atoms with Crippen LogP contribution in [-0.4, -0.2) is 28.8 Å². The third kappa shape index (κ3) is 6.05. The molecule has 0 aliphatic carbocycles. The van der Waals surface area contributed by atoms with Gasteiger partial charge < -0.3 is 4.43 Å². The molecule has 0 aliphatic heterocycles. The van der Waals surface area contributed by atoms with Crippen molar-refractivity contribution in [2.75, 3.05) is 6.54 Å². The van der Waals surface area contributed by atoms with Crippen LogP contribution in [0, 0.1) is 6.92 Å². The van der Waals surface area contributed by atoms with Crippen LogP contribution in [0.2, 0.25) is 18.1 Å². The Morgan fingerprint density at radius 2 is 1.87 bits per heavy atom. The van der Waals surface area contributed by atoms with Crippen molar-refractivity contribution in [3.05, 3.63) is 16.1 Å². The number of nitrogens with zero attached hydrogens (tertiary/aromatic N) is 1. The van der Waals surface area contributed by atoms with Crippen LogP contribution in [0.3, 0.4) is 0 Å². The smallest absolute Gasteiger partial charge is 0.193 e. The van der Waals surface area contributed by atoms with Gasteiger partial charge in [0.15, 0.2) is 8.32 Å². The molecule has 0 bridgehead atoms. The molecule has 1 aromatic heterocycles. The Kier molecular flexibility index (Phi) is 6.77. The van der Waals surface area contributed by atoms with Crippen LogP contribution >= 0.6 is 11.3 Å². The Labute approximate surface area is 149 Å². The lowest BCUT2D eigenvalue weighted by Crippen LogP contribution is -2.44. The molecule has 1 rings (SSSR count). The van der Waals surface area contributed by atoms with Crippen molar-refractivity contribution < 1.29 is 8.63 Å². The third-order valence-corrected chi connectivity index (χ3v) is 11.0. The first-order valence-electron chi connectivity index (χ1n) is 7.99. The zero-order chi connectivity index (χ0) is 18.1. The van der Waals surface area contributed by atoms with E-state index in [9.17, 15) is 4.21 Å². The van der Waals surface area contributed by atoms with Crippen molar-refractivity contribution in [1.29, 1.82) is 0 Å². The fraction of sp³-hybridized carbons (Fsp3) is 0.812. The van der Waals surface area contributed by atoms with Crippen molar-refractivity contribution in [2.45, 2.75) is 77.4 Å². The van der Waals surface area contributed by atoms with Crippen molar-refractivity contribution >= 4 is 30.6 Å². The van der Waals surface area contributed by atoms with Crippen molar-refractivity contribution in [3.8, 4) is 0 Å². The van der Waals surface area contributed by atoms with Gasteiger partial charge in [0.1, 0.15) is 6.10 Å². The molecule has 23 heavy (non-hydrogen) atoms. The van der Waals surface area contributed by atoms with Gasteiger partial charge in [0.25, 0.3) is 0 Å². The summed E-state index contributed by atoms with van der Waals surface area (Å²) in [5, 5.41) is 3.20. The highest BCUT2D eigenvalue weighted by Crippen LogP contribution is 2.39. The summed E-state index contributed by atoms with van der Waals surface area (Å²) in [6, 6.07) is 0. The second-order valence-corrected chi connectivity index (χ2v) is 16.3. The predicted molar refractivity (Wildman–Crippen MR) is 104 cm³/mol. The summed E-state index contributed by atoms with van der Waals surface area (Å²) in [5.41, 5.74) is 0.940. The summed E-state index contributed by atoms with van der Waals surface area (Å²) in [4.78, 5) is 4.59. The molecule has 2 atom stereocenters. The minimum absolute atomic E-state index is 0.124. The summed E-state index contributed by atoms with van der Waals surface area (Å²) in [5.74, 6) is 0. The molecule has 0 saturated heterocycles. The SMILES string of the molecule is Cc1nc([C@H](CNS(=O)C(C)(C)C)O[Si](C)(C)C(C)(C)C)cs1. The third-order valence-electron chi connectivity index (χ3n) is 4.17. The lowest BCUT2D eigenvalue weighted by atomic mass is 10.2. The molecule has 7 heteroatoms. The normalized spacial score (nSPS) is 16.4. The van der Waals surface area contributed by atoms with Crippen LogP contribution in [0.1, 0.15) is 58.3 Å². The fourth-order valence-corrected chi connectivity index (χ4v) is 4.29. The van der Waals surface area contributed by atoms with E-state index in [2.05, 4.69) is 49.0 Å². The highest BCUT2D eigenvalue weighted by atomic mass is 32.2. The van der Waals surface area contributed by atoms with Gasteiger partial charge in [-0.1, -0.05) is 20.8 Å². The van der Waals surface area contributed by atoms with Gasteiger partial charge in [0, 0.05) is 11.9 Å². The van der Waals surface area contributed by atoms with Gasteiger partial charge in [-0.25, -0.2) is 13.9 Å². The number of hydrogen-bond acceptors (Lipinski definition) is 4. The van der Waals surface area contributed by atoms with Crippen LogP contribution in [-0.2, 0) is 15.4 Å². The van der Waals surface area contributed by atoms with Gasteiger partial charge in [-0.3, -0.25) is 0 Å². The van der Waals surface area contributed by atoms with Crippen molar-refractivity contribution in [3.63, 3.8) is 0 Å². The van der Waals surface area contributed by atoms with Gasteiger partial charge in [-0.2, -0.15) is 0 Å². The first-order valence-corrected chi connectivity index (χ1v) is 12.9. The quantitative estimate of drug-likeness (QED) is 0.740. The Morgan fingerprint density at radius 1 is 1.30 bits per heavy atom. The highest BCUT2D eigenvalue weighted by Gasteiger charge is 2.40. The summed E-state index contributed by atoms with van der Waals surface area (Å²) < 4.78 is 21.7. The van der Waals surface area contributed by atoms with Gasteiger partial charge in [-0.05, 0) is 45.8 Å². The Balaban J connectivity index is 2.94. The zero-order valence-corrected chi connectivity index (χ0v) is 18.6. The number of aryl methyl sites for hydroxylation is 1. The van der Waals surface area contributed by atoms with E-state index in [1.807, 2.05) is 27.7 Å². The highest BCUT2D eigenvalue weighted by molar-refractivity contribution is 7.84. The Bertz CT molecular complexity index is 545. The molecule has 4 nitrogen and oxygen atoms in total. The van der Waals surface area contributed by atoms with E-state index in [-0.39, 0.29) is 15.9 Å². The number of hydrogen-bond donors (Lipinski definition) is 1. The van der Waals surface area contributed by atoms with E-state index >= 15 is 0 Å². The van der Waals surface area contributed by atoms with Crippen LogP contribution < -0.4 is 4.72 Å². The molecule has 0 aliphatic rings. The maximum atomic E-state index is 12.3. The van der Waals surface area contributed by atoms with E-state index in [1.165, 1.54) is 0 Å². The lowest BCUT2D eigenvalue weighted by Gasteiger charge is -2.39. The van der Waals surface area contributed by atoms with Gasteiger partial charge >= 0.3 is 0 Å². The molecule has 1 heterocycles. The number of nitrogens with one attached hydrogen (secondary N) is 1. The van der Waals surface area contributed by atoms with Crippen LogP contribution in [0.15, 0.2) is 5.38 Å². The number of rotatable bonds is 6. The van der Waals surface area contributed by atoms with Crippen molar-refractivity contribution in [2.24, 2.45) is 0 Å². The average Bonchev–Trinajstić information content (AvgIpc) is 2.78. The molecule has 0 radical (unpaired) electrons. The zero-order valence-electron chi connectivity index (χ0n) is 15.9. The van der Waals surface area contributed by atoms with E-state index in [0.717, 1.165) is 10.7 Å². The average molecular weight is 377 g/mol. The van der Waals surface area contributed by atoms with Crippen LogP contribution in [0.5, 0.6) is 0 Å². The minimum atomic E-state index is -1.93. The lowest BCUT2D eigenvalue weighted by molar-refractivity contribution is 0.183. The maximum Gasteiger partial charge on any atom is 0.193 e. The molecular formula is C16H32N2O2S2Si. The molecule has 1 unspecified atom stereocenters. The molecule has 1 N–H and O–H groups in total. The second-order valence-electron chi connectivity index (χ2n) is 8.39. The largest absolute Gasteiger partial charge is 0.407 e. The fourth-order valence-electron chi connectivity index (χ4n) is 1.63. The minimum Gasteiger partial charge on any atom is -0.407 e. The molecule has 134 valence electrons. The molecule has 0 spiro atoms. The first kappa shape index (κ1) is 21.0. The van der Waals surface area contributed by atoms with E-state index < -0.39 is 19.3 Å². The van der Waals surface area contributed by atoms with E-state index in [0.29, 0.717) is 6.54 Å². The maximum absolute atomic E-state index is 12.3. The van der Waals surface area contributed by atoms with Gasteiger partial charge in [0.05, 0.1) is 26.4 Å². The van der Waals surface area contributed by atoms with Gasteiger partial charge in [0.2, 0.25) is 0 Å². The molecular weight excluding hydrogens is 344 g/mol. The van der Waals surface area contributed by atoms with Crippen LogP contribution in [0.4, 0.5) is 0 Å². The summed E-state index contributed by atoms with van der Waals surface area (Å²) in [6.07, 6.45) is -0.160. The monoisotopic (exact) mass is 376 g/mol. The first-order chi connectivity index (χ1) is 10.2. The summed E-state index contributed by atoms with van der Waals surface area (Å²) >= 11 is 1.63. The van der Waals surface area contributed by atoms with E-state index in [1.54, 1.807) is 11.3 Å². The van der Waals surface area contributed by atoms with E-state index in [4.69, 9.17) is 4.43 Å². The van der Waals surface area contributed by atoms with Gasteiger partial charge in [-0.15, -0.1) is 11.3 Å². The predicted octanol–water partition coefficient (Wildman–Crippen LogP) is 4.57. The topological polar surface area (TPSA) is 51.2 Å².